The summed E-state index contributed by atoms with van der Waals surface area (Å²) in [5.41, 5.74) is 5.41. The molecule has 0 heterocycles. The number of hydrogen-bond acceptors (Lipinski definition) is 5. The Kier molecular flexibility index (Phi) is 15.7. The van der Waals surface area contributed by atoms with Gasteiger partial charge in [0.1, 0.15) is 0 Å². The van der Waals surface area contributed by atoms with Gasteiger partial charge in [-0.1, -0.05) is 0 Å². The first-order chi connectivity index (χ1) is 8.24. The van der Waals surface area contributed by atoms with E-state index in [1.807, 2.05) is 20.8 Å². The van der Waals surface area contributed by atoms with Crippen LogP contribution in [0.1, 0.15) is 27.2 Å². The van der Waals surface area contributed by atoms with Crippen LogP contribution >= 0.6 is 12.4 Å². The average Bonchev–Trinajstić information content (AvgIpc) is 2.30. The van der Waals surface area contributed by atoms with Crippen LogP contribution in [0.5, 0.6) is 0 Å². The first-order valence-electron chi connectivity index (χ1n) is 6.57. The van der Waals surface area contributed by atoms with Gasteiger partial charge >= 0.3 is 8.80 Å². The van der Waals surface area contributed by atoms with Gasteiger partial charge in [0.25, 0.3) is 0 Å². The van der Waals surface area contributed by atoms with E-state index < -0.39 is 8.80 Å². The lowest BCUT2D eigenvalue weighted by Gasteiger charge is -2.28. The standard InChI is InChI=1S/C11H28N2O3Si.ClH/c1-4-14-17(15-5-2,16-6-3)11-7-9-13-10-8-12;/h13H,4-12H2,1-3H3;1H. The average molecular weight is 301 g/mol. The quantitative estimate of drug-likeness (QED) is 0.421. The molecule has 0 aromatic heterocycles. The van der Waals surface area contributed by atoms with Crippen LogP contribution in [0.3, 0.4) is 0 Å². The summed E-state index contributed by atoms with van der Waals surface area (Å²) < 4.78 is 17.3. The zero-order valence-electron chi connectivity index (χ0n) is 11.9. The van der Waals surface area contributed by atoms with Crippen molar-refractivity contribution < 1.29 is 13.3 Å². The SMILES string of the molecule is CCO[Si](CCCNCCN)(OCC)OCC.Cl. The monoisotopic (exact) mass is 300 g/mol. The number of halogens is 1. The molecule has 0 bridgehead atoms. The Balaban J connectivity index is 0. The van der Waals surface area contributed by atoms with Gasteiger partial charge in [0, 0.05) is 39.0 Å². The van der Waals surface area contributed by atoms with Crippen LogP contribution in [0.2, 0.25) is 6.04 Å². The molecule has 0 rings (SSSR count). The van der Waals surface area contributed by atoms with Crippen LogP contribution in [-0.2, 0) is 13.3 Å². The van der Waals surface area contributed by atoms with Crippen molar-refractivity contribution in [2.24, 2.45) is 5.73 Å². The molecule has 0 radical (unpaired) electrons. The zero-order chi connectivity index (χ0) is 13.0. The van der Waals surface area contributed by atoms with Crippen molar-refractivity contribution in [2.75, 3.05) is 39.5 Å². The number of hydrogen-bond donors (Lipinski definition) is 2. The maximum absolute atomic E-state index is 5.76. The van der Waals surface area contributed by atoms with E-state index in [9.17, 15) is 0 Å². The fraction of sp³-hybridized carbons (Fsp3) is 1.00. The summed E-state index contributed by atoms with van der Waals surface area (Å²) >= 11 is 0. The van der Waals surface area contributed by atoms with E-state index in [1.54, 1.807) is 0 Å². The molecule has 0 aliphatic heterocycles. The minimum Gasteiger partial charge on any atom is -0.374 e. The number of nitrogens with one attached hydrogen (secondary N) is 1. The normalized spacial score (nSPS) is 11.3. The molecule has 0 atom stereocenters. The number of rotatable bonds is 12. The van der Waals surface area contributed by atoms with Crippen molar-refractivity contribution in [3.05, 3.63) is 0 Å². The zero-order valence-corrected chi connectivity index (χ0v) is 13.7. The molecule has 0 aliphatic rings. The Hall–Kier alpha value is 0.307. The van der Waals surface area contributed by atoms with Crippen LogP contribution in [0.25, 0.3) is 0 Å². The molecular formula is C11H29ClN2O3Si. The third kappa shape index (κ3) is 9.27. The van der Waals surface area contributed by atoms with Crippen molar-refractivity contribution in [3.8, 4) is 0 Å². The molecule has 5 nitrogen and oxygen atoms in total. The molecule has 112 valence electrons. The second kappa shape index (κ2) is 13.7. The van der Waals surface area contributed by atoms with Crippen LogP contribution in [-0.4, -0.2) is 48.3 Å². The van der Waals surface area contributed by atoms with Crippen molar-refractivity contribution >= 4 is 21.2 Å². The van der Waals surface area contributed by atoms with Gasteiger partial charge in [0.15, 0.2) is 0 Å². The van der Waals surface area contributed by atoms with Gasteiger partial charge in [-0.05, 0) is 33.7 Å². The highest BCUT2D eigenvalue weighted by Gasteiger charge is 2.39. The molecule has 0 aromatic rings. The van der Waals surface area contributed by atoms with Gasteiger partial charge in [-0.3, -0.25) is 0 Å². The second-order valence-electron chi connectivity index (χ2n) is 3.62. The molecule has 0 unspecified atom stereocenters. The van der Waals surface area contributed by atoms with Gasteiger partial charge in [0.2, 0.25) is 0 Å². The summed E-state index contributed by atoms with van der Waals surface area (Å²) in [7, 11) is -2.43. The maximum Gasteiger partial charge on any atom is 0.500 e. The summed E-state index contributed by atoms with van der Waals surface area (Å²) in [6.45, 7) is 10.3. The Labute approximate surface area is 119 Å². The van der Waals surface area contributed by atoms with Crippen LogP contribution in [0, 0.1) is 0 Å². The van der Waals surface area contributed by atoms with Crippen LogP contribution in [0.15, 0.2) is 0 Å². The molecule has 0 aromatic carbocycles. The van der Waals surface area contributed by atoms with Crippen molar-refractivity contribution in [1.82, 2.24) is 5.32 Å². The van der Waals surface area contributed by atoms with Crippen molar-refractivity contribution in [2.45, 2.75) is 33.2 Å². The van der Waals surface area contributed by atoms with Gasteiger partial charge in [-0.2, -0.15) is 0 Å². The van der Waals surface area contributed by atoms with E-state index in [2.05, 4.69) is 5.32 Å². The highest BCUT2D eigenvalue weighted by molar-refractivity contribution is 6.60. The molecular weight excluding hydrogens is 272 g/mol. The Bertz CT molecular complexity index is 161. The van der Waals surface area contributed by atoms with Crippen molar-refractivity contribution in [3.63, 3.8) is 0 Å². The van der Waals surface area contributed by atoms with E-state index in [1.165, 1.54) is 0 Å². The van der Waals surface area contributed by atoms with E-state index in [0.29, 0.717) is 26.4 Å². The lowest BCUT2D eigenvalue weighted by molar-refractivity contribution is 0.0708. The summed E-state index contributed by atoms with van der Waals surface area (Å²) in [5.74, 6) is 0. The van der Waals surface area contributed by atoms with Gasteiger partial charge in [-0.15, -0.1) is 12.4 Å². The smallest absolute Gasteiger partial charge is 0.374 e. The van der Waals surface area contributed by atoms with E-state index in [0.717, 1.165) is 25.6 Å². The summed E-state index contributed by atoms with van der Waals surface area (Å²) in [5, 5.41) is 3.26. The predicted molar refractivity (Wildman–Crippen MR) is 79.2 cm³/mol. The Morgan fingerprint density at radius 1 is 0.944 bits per heavy atom. The molecule has 18 heavy (non-hydrogen) atoms. The van der Waals surface area contributed by atoms with E-state index in [-0.39, 0.29) is 12.4 Å². The lowest BCUT2D eigenvalue weighted by Crippen LogP contribution is -2.46. The molecule has 0 spiro atoms. The Morgan fingerprint density at radius 2 is 1.44 bits per heavy atom. The van der Waals surface area contributed by atoms with Crippen LogP contribution < -0.4 is 11.1 Å². The van der Waals surface area contributed by atoms with Crippen molar-refractivity contribution in [1.29, 1.82) is 0 Å². The molecule has 0 saturated heterocycles. The molecule has 0 fully saturated rings. The predicted octanol–water partition coefficient (Wildman–Crippen LogP) is 1.40. The third-order valence-electron chi connectivity index (χ3n) is 2.25. The maximum atomic E-state index is 5.76. The molecule has 3 N–H and O–H groups in total. The van der Waals surface area contributed by atoms with Crippen LogP contribution in [0.4, 0.5) is 0 Å². The van der Waals surface area contributed by atoms with E-state index in [4.69, 9.17) is 19.0 Å². The fourth-order valence-electron chi connectivity index (χ4n) is 1.66. The summed E-state index contributed by atoms with van der Waals surface area (Å²) in [6, 6.07) is 0.861. The van der Waals surface area contributed by atoms with E-state index >= 15 is 0 Å². The Morgan fingerprint density at radius 3 is 1.83 bits per heavy atom. The fourth-order valence-corrected chi connectivity index (χ4v) is 4.27. The minimum absolute atomic E-state index is 0. The highest BCUT2D eigenvalue weighted by Crippen LogP contribution is 2.17. The lowest BCUT2D eigenvalue weighted by atomic mass is 10.5. The molecule has 7 heteroatoms. The second-order valence-corrected chi connectivity index (χ2v) is 6.36. The number of nitrogens with two attached hydrogens (primary N) is 1. The third-order valence-corrected chi connectivity index (χ3v) is 5.40. The summed E-state index contributed by atoms with van der Waals surface area (Å²) in [6.07, 6.45) is 0.992. The highest BCUT2D eigenvalue weighted by atomic mass is 35.5. The molecule has 0 aliphatic carbocycles. The minimum atomic E-state index is -2.43. The van der Waals surface area contributed by atoms with Gasteiger partial charge < -0.3 is 24.3 Å². The van der Waals surface area contributed by atoms with Gasteiger partial charge in [-0.25, -0.2) is 0 Å². The molecule has 0 amide bonds. The largest absolute Gasteiger partial charge is 0.500 e. The molecule has 0 saturated carbocycles. The topological polar surface area (TPSA) is 65.7 Å². The first-order valence-corrected chi connectivity index (χ1v) is 8.50. The van der Waals surface area contributed by atoms with Gasteiger partial charge in [0.05, 0.1) is 0 Å². The first kappa shape index (κ1) is 20.6. The summed E-state index contributed by atoms with van der Waals surface area (Å²) in [4.78, 5) is 0.